The van der Waals surface area contributed by atoms with Crippen molar-refractivity contribution in [2.24, 2.45) is 0 Å². The fourth-order valence-corrected chi connectivity index (χ4v) is 5.57. The molecule has 0 radical (unpaired) electrons. The van der Waals surface area contributed by atoms with Crippen LogP contribution in [0.1, 0.15) is 56.6 Å². The Balaban J connectivity index is 1.23. The summed E-state index contributed by atoms with van der Waals surface area (Å²) in [5, 5.41) is 14.7. The molecule has 0 bridgehead atoms. The van der Waals surface area contributed by atoms with Gasteiger partial charge in [0.15, 0.2) is 5.82 Å². The summed E-state index contributed by atoms with van der Waals surface area (Å²) in [5.41, 5.74) is 9.89. The third-order valence-electron chi connectivity index (χ3n) is 8.12. The van der Waals surface area contributed by atoms with Crippen LogP contribution >= 0.6 is 0 Å². The molecule has 1 aliphatic rings. The highest BCUT2D eigenvalue weighted by Gasteiger charge is 2.21. The van der Waals surface area contributed by atoms with Gasteiger partial charge in [0.2, 0.25) is 17.8 Å². The first-order valence-electron chi connectivity index (χ1n) is 16.4. The van der Waals surface area contributed by atoms with Crippen molar-refractivity contribution < 1.29 is 29.0 Å². The molecule has 14 nitrogen and oxygen atoms in total. The number of anilines is 2. The molecule has 0 unspecified atom stereocenters. The van der Waals surface area contributed by atoms with Gasteiger partial charge in [-0.3, -0.25) is 19.3 Å². The maximum absolute atomic E-state index is 12.7. The number of aliphatic carboxylic acids is 1. The highest BCUT2D eigenvalue weighted by Crippen LogP contribution is 2.27. The van der Waals surface area contributed by atoms with Gasteiger partial charge in [0, 0.05) is 64.0 Å². The molecule has 2 aromatic heterocycles. The van der Waals surface area contributed by atoms with Crippen LogP contribution in [-0.4, -0.2) is 107 Å². The Morgan fingerprint density at radius 1 is 0.979 bits per heavy atom. The van der Waals surface area contributed by atoms with Gasteiger partial charge in [-0.25, -0.2) is 4.98 Å². The number of carbonyl (C=O) groups excluding carboxylic acids is 2. The maximum Gasteiger partial charge on any atom is 0.303 e. The summed E-state index contributed by atoms with van der Waals surface area (Å²) in [6.45, 7) is 8.01. The summed E-state index contributed by atoms with van der Waals surface area (Å²) < 4.78 is 13.4. The fourth-order valence-electron chi connectivity index (χ4n) is 5.57. The van der Waals surface area contributed by atoms with Crippen LogP contribution in [0.2, 0.25) is 0 Å². The van der Waals surface area contributed by atoms with E-state index in [1.807, 2.05) is 17.2 Å². The first-order valence-corrected chi connectivity index (χ1v) is 16.4. The van der Waals surface area contributed by atoms with E-state index in [-0.39, 0.29) is 56.8 Å². The van der Waals surface area contributed by atoms with Gasteiger partial charge in [-0.05, 0) is 24.1 Å². The number of nitrogens with one attached hydrogen (secondary N) is 2. The molecular formula is C33H48N8O6. The summed E-state index contributed by atoms with van der Waals surface area (Å²) in [4.78, 5) is 47.8. The standard InChI is InChI=1S/C33H48N8O6/c1-3-4-5-12-36-32-31-26(37-33(34)38-32)10-14-41(31)23-25-7-6-24(21-27(25)46-2)22-39-15-17-40(18-16-39)29(43)11-19-47-20-13-35-28(42)8-9-30(44)45/h6-7,10,14,21H,3-5,8-9,11-13,15-20,22-23H2,1-2H3,(H,35,42)(H,44,45)(H3,34,36,37,38). The number of ether oxygens (including phenoxy) is 2. The number of aromatic nitrogens is 3. The van der Waals surface area contributed by atoms with Crippen LogP contribution in [-0.2, 0) is 32.2 Å². The monoisotopic (exact) mass is 652 g/mol. The first-order chi connectivity index (χ1) is 22.8. The van der Waals surface area contributed by atoms with Gasteiger partial charge < -0.3 is 40.4 Å². The molecule has 14 heteroatoms. The number of piperazine rings is 1. The van der Waals surface area contributed by atoms with Crippen LogP contribution in [0.4, 0.5) is 11.8 Å². The van der Waals surface area contributed by atoms with E-state index in [9.17, 15) is 14.4 Å². The smallest absolute Gasteiger partial charge is 0.303 e. The van der Waals surface area contributed by atoms with Crippen molar-refractivity contribution in [3.8, 4) is 5.75 Å². The minimum atomic E-state index is -1.01. The van der Waals surface area contributed by atoms with Crippen molar-refractivity contribution >= 4 is 40.6 Å². The number of nitrogen functional groups attached to an aromatic ring is 1. The molecule has 2 amide bonds. The predicted octanol–water partition coefficient (Wildman–Crippen LogP) is 2.70. The molecule has 0 aliphatic carbocycles. The van der Waals surface area contributed by atoms with Gasteiger partial charge >= 0.3 is 5.97 Å². The van der Waals surface area contributed by atoms with Gasteiger partial charge in [0.05, 0.1) is 45.2 Å². The van der Waals surface area contributed by atoms with E-state index in [2.05, 4.69) is 55.2 Å². The average molecular weight is 653 g/mol. The normalized spacial score (nSPS) is 13.5. The molecule has 1 fully saturated rings. The third-order valence-corrected chi connectivity index (χ3v) is 8.12. The highest BCUT2D eigenvalue weighted by atomic mass is 16.5. The number of nitrogens with two attached hydrogens (primary N) is 1. The van der Waals surface area contributed by atoms with Gasteiger partial charge in [0.25, 0.3) is 0 Å². The minimum Gasteiger partial charge on any atom is -0.496 e. The quantitative estimate of drug-likeness (QED) is 0.140. The Bertz CT molecular complexity index is 1490. The Morgan fingerprint density at radius 3 is 2.53 bits per heavy atom. The second-order valence-corrected chi connectivity index (χ2v) is 11.7. The number of benzene rings is 1. The Hall–Kier alpha value is -4.43. The van der Waals surface area contributed by atoms with E-state index in [1.165, 1.54) is 0 Å². The van der Waals surface area contributed by atoms with Crippen LogP contribution in [0, 0.1) is 0 Å². The Morgan fingerprint density at radius 2 is 1.79 bits per heavy atom. The van der Waals surface area contributed by atoms with E-state index in [0.717, 1.165) is 79.2 Å². The summed E-state index contributed by atoms with van der Waals surface area (Å²) in [7, 11) is 1.69. The molecule has 0 atom stereocenters. The average Bonchev–Trinajstić information content (AvgIpc) is 3.46. The van der Waals surface area contributed by atoms with Crippen molar-refractivity contribution in [2.75, 3.05) is 70.6 Å². The number of hydrogen-bond acceptors (Lipinski definition) is 10. The van der Waals surface area contributed by atoms with Crippen molar-refractivity contribution in [3.63, 3.8) is 0 Å². The molecule has 3 aromatic rings. The zero-order valence-electron chi connectivity index (χ0n) is 27.5. The molecule has 4 rings (SSSR count). The van der Waals surface area contributed by atoms with E-state index < -0.39 is 5.97 Å². The lowest BCUT2D eigenvalue weighted by Gasteiger charge is -2.35. The number of hydrogen-bond donors (Lipinski definition) is 4. The second-order valence-electron chi connectivity index (χ2n) is 11.7. The van der Waals surface area contributed by atoms with Crippen molar-refractivity contribution in [3.05, 3.63) is 41.6 Å². The Labute approximate surface area is 275 Å². The number of carboxylic acids is 1. The molecule has 0 spiro atoms. The molecule has 0 saturated carbocycles. The maximum atomic E-state index is 12.7. The number of carboxylic acid groups (broad SMARTS) is 1. The van der Waals surface area contributed by atoms with Crippen LogP contribution in [0.25, 0.3) is 11.0 Å². The lowest BCUT2D eigenvalue weighted by Crippen LogP contribution is -2.48. The summed E-state index contributed by atoms with van der Waals surface area (Å²) in [6.07, 6.45) is 5.37. The van der Waals surface area contributed by atoms with Crippen molar-refractivity contribution in [1.29, 1.82) is 0 Å². The van der Waals surface area contributed by atoms with Gasteiger partial charge in [-0.2, -0.15) is 4.98 Å². The van der Waals surface area contributed by atoms with Gasteiger partial charge in [-0.15, -0.1) is 0 Å². The van der Waals surface area contributed by atoms with Crippen LogP contribution < -0.4 is 21.1 Å². The number of unbranched alkanes of at least 4 members (excludes halogenated alkanes) is 2. The SMILES string of the molecule is CCCCCNc1nc(N)nc2ccn(Cc3ccc(CN4CCN(C(=O)CCOCCNC(=O)CCC(=O)O)CC4)cc3OC)c12. The number of rotatable bonds is 19. The van der Waals surface area contributed by atoms with Crippen LogP contribution in [0.15, 0.2) is 30.5 Å². The van der Waals surface area contributed by atoms with Crippen molar-refractivity contribution in [2.45, 2.75) is 58.5 Å². The largest absolute Gasteiger partial charge is 0.496 e. The fraction of sp³-hybridized carbons (Fsp3) is 0.545. The lowest BCUT2D eigenvalue weighted by molar-refractivity contribution is -0.138. The van der Waals surface area contributed by atoms with E-state index in [0.29, 0.717) is 19.6 Å². The predicted molar refractivity (Wildman–Crippen MR) is 179 cm³/mol. The molecule has 1 aromatic carbocycles. The summed E-state index contributed by atoms with van der Waals surface area (Å²) >= 11 is 0. The van der Waals surface area contributed by atoms with Gasteiger partial charge in [-0.1, -0.05) is 31.9 Å². The number of carbonyl (C=O) groups is 3. The molecule has 1 saturated heterocycles. The van der Waals surface area contributed by atoms with Crippen LogP contribution in [0.5, 0.6) is 5.75 Å². The molecule has 5 N–H and O–H groups in total. The number of amides is 2. The number of fused-ring (bicyclic) bond motifs is 1. The van der Waals surface area contributed by atoms with Crippen LogP contribution in [0.3, 0.4) is 0 Å². The summed E-state index contributed by atoms with van der Waals surface area (Å²) in [6, 6.07) is 8.28. The highest BCUT2D eigenvalue weighted by molar-refractivity contribution is 5.87. The number of nitrogens with zero attached hydrogens (tertiary/aromatic N) is 5. The third kappa shape index (κ3) is 10.8. The topological polar surface area (TPSA) is 177 Å². The molecule has 256 valence electrons. The van der Waals surface area contributed by atoms with Crippen molar-refractivity contribution in [1.82, 2.24) is 29.7 Å². The number of methoxy groups -OCH3 is 1. The molecule has 3 heterocycles. The zero-order valence-corrected chi connectivity index (χ0v) is 27.5. The van der Waals surface area contributed by atoms with E-state index >= 15 is 0 Å². The molecular weight excluding hydrogens is 604 g/mol. The Kier molecular flexibility index (Phi) is 13.6. The molecule has 47 heavy (non-hydrogen) atoms. The first kappa shape index (κ1) is 35.4. The summed E-state index contributed by atoms with van der Waals surface area (Å²) in [5.74, 6) is 0.517. The minimum absolute atomic E-state index is 0.0473. The van der Waals surface area contributed by atoms with E-state index in [1.54, 1.807) is 7.11 Å². The lowest BCUT2D eigenvalue weighted by atomic mass is 10.1. The molecule has 1 aliphatic heterocycles. The van der Waals surface area contributed by atoms with Gasteiger partial charge in [0.1, 0.15) is 11.3 Å². The zero-order chi connectivity index (χ0) is 33.6. The second kappa shape index (κ2) is 18.0. The van der Waals surface area contributed by atoms with E-state index in [4.69, 9.17) is 20.3 Å².